The molecule has 0 saturated heterocycles. The van der Waals surface area contributed by atoms with Gasteiger partial charge in [-0.15, -0.1) is 11.3 Å². The summed E-state index contributed by atoms with van der Waals surface area (Å²) in [6.45, 7) is 4.75. The van der Waals surface area contributed by atoms with Crippen LogP contribution in [0.15, 0.2) is 261 Å². The Kier molecular flexibility index (Phi) is 10.1. The summed E-state index contributed by atoms with van der Waals surface area (Å²) in [7, 11) is 0. The molecular weight excluding hydrogens is 903 g/mol. The quantitative estimate of drug-likeness (QED) is 0.143. The van der Waals surface area contributed by atoms with Crippen molar-refractivity contribution in [3.63, 3.8) is 0 Å². The van der Waals surface area contributed by atoms with Crippen LogP contribution in [0.25, 0.3) is 81.0 Å². The van der Waals surface area contributed by atoms with Crippen molar-refractivity contribution >= 4 is 87.4 Å². The molecule has 1 aliphatic carbocycles. The molecule has 2 aromatic heterocycles. The maximum Gasteiger partial charge on any atom is 0.0720 e. The van der Waals surface area contributed by atoms with Crippen molar-refractivity contribution < 1.29 is 0 Å². The second-order valence-corrected chi connectivity index (χ2v) is 20.7. The number of nitrogens with zero attached hydrogens (tertiary/aromatic N) is 3. The third-order valence-electron chi connectivity index (χ3n) is 15.2. The number of hydrogen-bond donors (Lipinski definition) is 0. The molecule has 3 nitrogen and oxygen atoms in total. The Morgan fingerprint density at radius 3 is 1.67 bits per heavy atom. The Labute approximate surface area is 429 Å². The Bertz CT molecular complexity index is 4210. The molecule has 2 heterocycles. The zero-order valence-corrected chi connectivity index (χ0v) is 41.4. The van der Waals surface area contributed by atoms with E-state index in [1.54, 1.807) is 0 Å². The molecule has 0 aliphatic heterocycles. The fourth-order valence-electron chi connectivity index (χ4n) is 11.8. The lowest BCUT2D eigenvalue weighted by atomic mass is 9.82. The predicted molar refractivity (Wildman–Crippen MR) is 311 cm³/mol. The predicted octanol–water partition coefficient (Wildman–Crippen LogP) is 19.7. The van der Waals surface area contributed by atoms with Gasteiger partial charge in [-0.1, -0.05) is 178 Å². The van der Waals surface area contributed by atoms with E-state index >= 15 is 0 Å². The van der Waals surface area contributed by atoms with E-state index in [1.807, 2.05) is 11.3 Å². The first-order valence-electron chi connectivity index (χ1n) is 25.2. The van der Waals surface area contributed by atoms with E-state index in [4.69, 9.17) is 0 Å². The summed E-state index contributed by atoms with van der Waals surface area (Å²) in [6, 6.07) is 95.9. The molecule has 0 radical (unpaired) electrons. The molecule has 73 heavy (non-hydrogen) atoms. The van der Waals surface area contributed by atoms with E-state index in [9.17, 15) is 0 Å². The van der Waals surface area contributed by atoms with E-state index in [0.717, 1.165) is 45.4 Å². The standard InChI is InChI=1S/C69H49N3S/c1-69(2)61-32-18-15-29-54(61)55-41-39-53(44-62(55)69)71(49-25-11-5-12-26-49)64-42-40-52(70(48-23-9-4-10-24-48)51-37-35-47(36-38-51)46-21-7-3-8-22-46)43-58(64)59-45-60-56-30-16-19-33-63(56)72(50-27-13-6-14-28-50)67(60)68-66(59)57-31-17-20-34-65(57)73-68/h3-45H,1-2H3. The smallest absolute Gasteiger partial charge is 0.0720 e. The maximum absolute atomic E-state index is 2.51. The van der Waals surface area contributed by atoms with Crippen LogP contribution in [-0.2, 0) is 5.41 Å². The zero-order valence-electron chi connectivity index (χ0n) is 40.6. The van der Waals surface area contributed by atoms with Gasteiger partial charge in [-0.25, -0.2) is 0 Å². The van der Waals surface area contributed by atoms with Gasteiger partial charge in [-0.3, -0.25) is 0 Å². The highest BCUT2D eigenvalue weighted by atomic mass is 32.1. The van der Waals surface area contributed by atoms with Gasteiger partial charge in [0.05, 0.1) is 21.4 Å². The Morgan fingerprint density at radius 2 is 0.918 bits per heavy atom. The molecule has 346 valence electrons. The minimum absolute atomic E-state index is 0.178. The zero-order chi connectivity index (χ0) is 48.6. The molecule has 0 N–H and O–H groups in total. The lowest BCUT2D eigenvalue weighted by Gasteiger charge is -2.32. The topological polar surface area (TPSA) is 11.4 Å². The van der Waals surface area contributed by atoms with Crippen LogP contribution in [0.3, 0.4) is 0 Å². The van der Waals surface area contributed by atoms with Gasteiger partial charge in [-0.05, 0) is 136 Å². The molecule has 1 aliphatic rings. The van der Waals surface area contributed by atoms with Crippen LogP contribution < -0.4 is 9.80 Å². The summed E-state index contributed by atoms with van der Waals surface area (Å²) < 4.78 is 5.02. The number of para-hydroxylation sites is 4. The van der Waals surface area contributed by atoms with Crippen LogP contribution in [0, 0.1) is 0 Å². The first kappa shape index (κ1) is 42.9. The molecule has 0 atom stereocenters. The first-order chi connectivity index (χ1) is 36.0. The Balaban J connectivity index is 1.09. The number of anilines is 6. The van der Waals surface area contributed by atoms with Crippen LogP contribution in [0.2, 0.25) is 0 Å². The average molecular weight is 952 g/mol. The summed E-state index contributed by atoms with van der Waals surface area (Å²) in [4.78, 5) is 4.91. The van der Waals surface area contributed by atoms with Crippen molar-refractivity contribution in [2.24, 2.45) is 0 Å². The molecular formula is C69H49N3S. The molecule has 0 saturated carbocycles. The molecule has 0 spiro atoms. The normalized spacial score (nSPS) is 12.6. The Hall–Kier alpha value is -8.96. The molecule has 0 unspecified atom stereocenters. The number of thiophene rings is 1. The van der Waals surface area contributed by atoms with E-state index in [1.165, 1.54) is 80.9 Å². The van der Waals surface area contributed by atoms with Crippen molar-refractivity contribution in [1.29, 1.82) is 0 Å². The van der Waals surface area contributed by atoms with Crippen LogP contribution >= 0.6 is 11.3 Å². The highest BCUT2D eigenvalue weighted by molar-refractivity contribution is 7.26. The van der Waals surface area contributed by atoms with E-state index in [-0.39, 0.29) is 5.41 Å². The molecule has 4 heteroatoms. The van der Waals surface area contributed by atoms with Gasteiger partial charge in [0.1, 0.15) is 0 Å². The van der Waals surface area contributed by atoms with Gasteiger partial charge in [0.25, 0.3) is 0 Å². The van der Waals surface area contributed by atoms with Crippen molar-refractivity contribution in [2.45, 2.75) is 19.3 Å². The minimum Gasteiger partial charge on any atom is -0.310 e. The van der Waals surface area contributed by atoms with Crippen LogP contribution in [-0.4, -0.2) is 4.57 Å². The molecule has 13 aromatic rings. The van der Waals surface area contributed by atoms with E-state index in [2.05, 4.69) is 289 Å². The van der Waals surface area contributed by atoms with Gasteiger partial charge in [-0.2, -0.15) is 0 Å². The number of benzene rings is 11. The second-order valence-electron chi connectivity index (χ2n) is 19.7. The van der Waals surface area contributed by atoms with Crippen LogP contribution in [0.5, 0.6) is 0 Å². The summed E-state index contributed by atoms with van der Waals surface area (Å²) in [5.41, 5.74) is 20.0. The van der Waals surface area contributed by atoms with Crippen molar-refractivity contribution in [2.75, 3.05) is 9.80 Å². The van der Waals surface area contributed by atoms with Crippen molar-refractivity contribution in [3.8, 4) is 39.1 Å². The lowest BCUT2D eigenvalue weighted by Crippen LogP contribution is -2.17. The van der Waals surface area contributed by atoms with Crippen LogP contribution in [0.4, 0.5) is 34.1 Å². The summed E-state index contributed by atoms with van der Waals surface area (Å²) >= 11 is 1.90. The third kappa shape index (κ3) is 6.93. The summed E-state index contributed by atoms with van der Waals surface area (Å²) in [5, 5.41) is 4.96. The highest BCUT2D eigenvalue weighted by Gasteiger charge is 2.36. The summed E-state index contributed by atoms with van der Waals surface area (Å²) in [5.74, 6) is 0. The van der Waals surface area contributed by atoms with E-state index in [0.29, 0.717) is 0 Å². The van der Waals surface area contributed by atoms with Gasteiger partial charge in [0, 0.05) is 71.3 Å². The van der Waals surface area contributed by atoms with Gasteiger partial charge in [0.15, 0.2) is 0 Å². The number of hydrogen-bond acceptors (Lipinski definition) is 3. The fraction of sp³-hybridized carbons (Fsp3) is 0.0435. The summed E-state index contributed by atoms with van der Waals surface area (Å²) in [6.07, 6.45) is 0. The third-order valence-corrected chi connectivity index (χ3v) is 16.3. The molecule has 11 aromatic carbocycles. The SMILES string of the molecule is CC1(C)c2ccccc2-c2ccc(N(c3ccccc3)c3ccc(N(c4ccccc4)c4ccc(-c5ccccc5)cc4)cc3-c3cc4c5ccccc5n(-c5ccccc5)c4c4sc5ccccc5c34)cc21. The van der Waals surface area contributed by atoms with E-state index < -0.39 is 0 Å². The monoisotopic (exact) mass is 951 g/mol. The number of rotatable bonds is 9. The Morgan fingerprint density at radius 1 is 0.370 bits per heavy atom. The molecule has 0 amide bonds. The largest absolute Gasteiger partial charge is 0.310 e. The van der Waals surface area contributed by atoms with Gasteiger partial charge >= 0.3 is 0 Å². The average Bonchev–Trinajstić information content (AvgIpc) is 4.08. The number of fused-ring (bicyclic) bond motifs is 10. The lowest BCUT2D eigenvalue weighted by molar-refractivity contribution is 0.660. The van der Waals surface area contributed by atoms with Crippen molar-refractivity contribution in [1.82, 2.24) is 4.57 Å². The molecule has 0 fully saturated rings. The van der Waals surface area contributed by atoms with Crippen molar-refractivity contribution in [3.05, 3.63) is 272 Å². The highest BCUT2D eigenvalue weighted by Crippen LogP contribution is 2.54. The van der Waals surface area contributed by atoms with Gasteiger partial charge < -0.3 is 14.4 Å². The second kappa shape index (κ2) is 17.1. The first-order valence-corrected chi connectivity index (χ1v) is 26.0. The minimum atomic E-state index is -0.178. The fourth-order valence-corrected chi connectivity index (χ4v) is 13.0. The molecule has 0 bridgehead atoms. The van der Waals surface area contributed by atoms with Crippen LogP contribution in [0.1, 0.15) is 25.0 Å². The maximum atomic E-state index is 2.51. The van der Waals surface area contributed by atoms with Gasteiger partial charge in [0.2, 0.25) is 0 Å². The number of aromatic nitrogens is 1. The molecule has 14 rings (SSSR count).